The molecule has 1 aromatic carbocycles. The zero-order chi connectivity index (χ0) is 21.3. The first kappa shape index (κ1) is 21.8. The van der Waals surface area contributed by atoms with E-state index in [1.807, 2.05) is 42.6 Å². The van der Waals surface area contributed by atoms with Crippen LogP contribution in [0, 0.1) is 0 Å². The predicted molar refractivity (Wildman–Crippen MR) is 113 cm³/mol. The highest BCUT2D eigenvalue weighted by Crippen LogP contribution is 2.30. The third-order valence-corrected chi connectivity index (χ3v) is 5.25. The van der Waals surface area contributed by atoms with Crippen molar-refractivity contribution < 1.29 is 23.5 Å². The number of carbonyl (C=O) groups excluding carboxylic acids is 1. The number of aryl methyl sites for hydroxylation is 1. The SMILES string of the molecule is COCCOc1ccc(C(C)NC(=O)CCc2nc(-c3cccs3)no2)cc1OC. The standard InChI is InChI=1S/C21H25N3O5S/c1-14(15-6-7-16(17(13-15)27-3)28-11-10-26-2)22-19(25)8-9-20-23-21(24-29-20)18-5-4-12-30-18/h4-7,12-14H,8-11H2,1-3H3,(H,22,25). The van der Waals surface area contributed by atoms with E-state index in [0.717, 1.165) is 10.4 Å². The number of benzene rings is 1. The third kappa shape index (κ3) is 5.80. The van der Waals surface area contributed by atoms with Crippen LogP contribution in [0.2, 0.25) is 0 Å². The summed E-state index contributed by atoms with van der Waals surface area (Å²) in [5.41, 5.74) is 0.914. The number of thiophene rings is 1. The summed E-state index contributed by atoms with van der Waals surface area (Å²) in [4.78, 5) is 17.6. The molecule has 0 aliphatic rings. The highest BCUT2D eigenvalue weighted by atomic mass is 32.1. The maximum absolute atomic E-state index is 12.4. The molecule has 0 radical (unpaired) electrons. The fourth-order valence-corrected chi connectivity index (χ4v) is 3.44. The van der Waals surface area contributed by atoms with E-state index in [1.165, 1.54) is 11.3 Å². The second-order valence-electron chi connectivity index (χ2n) is 6.53. The van der Waals surface area contributed by atoms with Crippen molar-refractivity contribution in [2.24, 2.45) is 0 Å². The van der Waals surface area contributed by atoms with Gasteiger partial charge in [0.2, 0.25) is 17.6 Å². The number of amides is 1. The predicted octanol–water partition coefficient (Wildman–Crippen LogP) is 3.64. The largest absolute Gasteiger partial charge is 0.493 e. The Morgan fingerprint density at radius 2 is 2.10 bits per heavy atom. The first-order chi connectivity index (χ1) is 14.6. The monoisotopic (exact) mass is 431 g/mol. The van der Waals surface area contributed by atoms with E-state index >= 15 is 0 Å². The van der Waals surface area contributed by atoms with E-state index in [1.54, 1.807) is 14.2 Å². The van der Waals surface area contributed by atoms with Crippen LogP contribution in [0.15, 0.2) is 40.2 Å². The van der Waals surface area contributed by atoms with Crippen molar-refractivity contribution in [2.45, 2.75) is 25.8 Å². The zero-order valence-corrected chi connectivity index (χ0v) is 18.0. The summed E-state index contributed by atoms with van der Waals surface area (Å²) in [6.07, 6.45) is 0.637. The molecule has 0 spiro atoms. The van der Waals surface area contributed by atoms with E-state index in [2.05, 4.69) is 15.5 Å². The number of carbonyl (C=O) groups is 1. The van der Waals surface area contributed by atoms with Crippen molar-refractivity contribution >= 4 is 17.2 Å². The van der Waals surface area contributed by atoms with Gasteiger partial charge in [-0.1, -0.05) is 17.3 Å². The fourth-order valence-electron chi connectivity index (χ4n) is 2.79. The first-order valence-corrected chi connectivity index (χ1v) is 10.4. The van der Waals surface area contributed by atoms with Crippen LogP contribution < -0.4 is 14.8 Å². The molecular formula is C21H25N3O5S. The molecule has 160 valence electrons. The fraction of sp³-hybridized carbons (Fsp3) is 0.381. The first-order valence-electron chi connectivity index (χ1n) is 9.56. The van der Waals surface area contributed by atoms with Crippen LogP contribution in [0.1, 0.15) is 30.8 Å². The highest BCUT2D eigenvalue weighted by molar-refractivity contribution is 7.13. The smallest absolute Gasteiger partial charge is 0.227 e. The summed E-state index contributed by atoms with van der Waals surface area (Å²) in [7, 11) is 3.20. The quantitative estimate of drug-likeness (QED) is 0.463. The average Bonchev–Trinajstić information content (AvgIpc) is 3.44. The molecule has 3 rings (SSSR count). The molecule has 0 aliphatic heterocycles. The molecule has 0 bridgehead atoms. The van der Waals surface area contributed by atoms with Crippen molar-refractivity contribution in [3.05, 3.63) is 47.2 Å². The lowest BCUT2D eigenvalue weighted by Crippen LogP contribution is -2.26. The van der Waals surface area contributed by atoms with Gasteiger partial charge in [-0.05, 0) is 36.1 Å². The minimum atomic E-state index is -0.191. The summed E-state index contributed by atoms with van der Waals surface area (Å²) in [6.45, 7) is 2.84. The van der Waals surface area contributed by atoms with E-state index in [0.29, 0.717) is 42.8 Å². The Bertz CT molecular complexity index is 942. The average molecular weight is 432 g/mol. The van der Waals surface area contributed by atoms with Crippen molar-refractivity contribution in [2.75, 3.05) is 27.4 Å². The topological polar surface area (TPSA) is 95.7 Å². The number of ether oxygens (including phenoxy) is 3. The van der Waals surface area contributed by atoms with E-state index in [-0.39, 0.29) is 18.4 Å². The zero-order valence-electron chi connectivity index (χ0n) is 17.2. The lowest BCUT2D eigenvalue weighted by Gasteiger charge is -2.17. The Morgan fingerprint density at radius 3 is 2.83 bits per heavy atom. The van der Waals surface area contributed by atoms with Crippen LogP contribution in [0.25, 0.3) is 10.7 Å². The van der Waals surface area contributed by atoms with Gasteiger partial charge < -0.3 is 24.1 Å². The van der Waals surface area contributed by atoms with Crippen LogP contribution in [-0.2, 0) is 16.0 Å². The number of rotatable bonds is 11. The van der Waals surface area contributed by atoms with Crippen LogP contribution in [-0.4, -0.2) is 43.5 Å². The van der Waals surface area contributed by atoms with Gasteiger partial charge in [0, 0.05) is 20.0 Å². The summed E-state index contributed by atoms with van der Waals surface area (Å²) in [5, 5.41) is 8.89. The molecule has 2 heterocycles. The Morgan fingerprint density at radius 1 is 1.23 bits per heavy atom. The summed E-state index contributed by atoms with van der Waals surface area (Å²) < 4.78 is 21.3. The Kier molecular flexibility index (Phi) is 7.81. The molecule has 8 nitrogen and oxygen atoms in total. The van der Waals surface area contributed by atoms with Crippen LogP contribution >= 0.6 is 11.3 Å². The minimum Gasteiger partial charge on any atom is -0.493 e. The summed E-state index contributed by atoms with van der Waals surface area (Å²) in [6, 6.07) is 9.26. The molecule has 1 atom stereocenters. The van der Waals surface area contributed by atoms with Gasteiger partial charge in [0.15, 0.2) is 11.5 Å². The molecule has 2 aromatic heterocycles. The molecule has 0 fully saturated rings. The Labute approximate surface area is 179 Å². The van der Waals surface area contributed by atoms with Gasteiger partial charge in [0.1, 0.15) is 6.61 Å². The van der Waals surface area contributed by atoms with Crippen LogP contribution in [0.3, 0.4) is 0 Å². The van der Waals surface area contributed by atoms with Crippen LogP contribution in [0.4, 0.5) is 0 Å². The van der Waals surface area contributed by atoms with Gasteiger partial charge in [-0.3, -0.25) is 4.79 Å². The summed E-state index contributed by atoms with van der Waals surface area (Å²) >= 11 is 1.54. The molecule has 9 heteroatoms. The summed E-state index contributed by atoms with van der Waals surface area (Å²) in [5.74, 6) is 2.14. The highest BCUT2D eigenvalue weighted by Gasteiger charge is 2.15. The van der Waals surface area contributed by atoms with E-state index in [4.69, 9.17) is 18.7 Å². The maximum Gasteiger partial charge on any atom is 0.227 e. The van der Waals surface area contributed by atoms with Gasteiger partial charge in [-0.15, -0.1) is 11.3 Å². The van der Waals surface area contributed by atoms with Crippen molar-refractivity contribution in [3.8, 4) is 22.2 Å². The second kappa shape index (κ2) is 10.7. The van der Waals surface area contributed by atoms with Gasteiger partial charge in [0.05, 0.1) is 24.6 Å². The lowest BCUT2D eigenvalue weighted by molar-refractivity contribution is -0.121. The van der Waals surface area contributed by atoms with Crippen molar-refractivity contribution in [1.82, 2.24) is 15.5 Å². The Balaban J connectivity index is 1.52. The van der Waals surface area contributed by atoms with Crippen LogP contribution in [0.5, 0.6) is 11.5 Å². The van der Waals surface area contributed by atoms with Crippen molar-refractivity contribution in [3.63, 3.8) is 0 Å². The molecule has 3 aromatic rings. The van der Waals surface area contributed by atoms with Gasteiger partial charge in [-0.25, -0.2) is 0 Å². The van der Waals surface area contributed by atoms with E-state index < -0.39 is 0 Å². The molecule has 0 saturated carbocycles. The maximum atomic E-state index is 12.4. The van der Waals surface area contributed by atoms with E-state index in [9.17, 15) is 4.79 Å². The van der Waals surface area contributed by atoms with Crippen molar-refractivity contribution in [1.29, 1.82) is 0 Å². The number of hydrogen-bond donors (Lipinski definition) is 1. The molecule has 1 unspecified atom stereocenters. The van der Waals surface area contributed by atoms with Gasteiger partial charge in [0.25, 0.3) is 0 Å². The Hall–Kier alpha value is -2.91. The molecular weight excluding hydrogens is 406 g/mol. The lowest BCUT2D eigenvalue weighted by atomic mass is 10.1. The second-order valence-corrected chi connectivity index (χ2v) is 7.48. The molecule has 0 saturated heterocycles. The number of nitrogens with zero attached hydrogens (tertiary/aromatic N) is 2. The molecule has 1 N–H and O–H groups in total. The molecule has 30 heavy (non-hydrogen) atoms. The number of aromatic nitrogens is 2. The normalized spacial score (nSPS) is 11.8. The third-order valence-electron chi connectivity index (χ3n) is 4.39. The number of methoxy groups -OCH3 is 2. The minimum absolute atomic E-state index is 0.0993. The van der Waals surface area contributed by atoms with Gasteiger partial charge >= 0.3 is 0 Å². The van der Waals surface area contributed by atoms with Gasteiger partial charge in [-0.2, -0.15) is 4.98 Å². The molecule has 1 amide bonds. The molecule has 0 aliphatic carbocycles. The number of hydrogen-bond acceptors (Lipinski definition) is 8. The number of nitrogens with one attached hydrogen (secondary N) is 1.